The molecule has 0 aromatic heterocycles. The summed E-state index contributed by atoms with van der Waals surface area (Å²) in [6.45, 7) is 0. The van der Waals surface area contributed by atoms with Crippen molar-refractivity contribution in [2.24, 2.45) is 0 Å². The first-order chi connectivity index (χ1) is 8.13. The molecule has 0 amide bonds. The summed E-state index contributed by atoms with van der Waals surface area (Å²) in [4.78, 5) is 10.6. The maximum atomic E-state index is 13.7. The fraction of sp³-hybridized carbons (Fsp3) is 0. The van der Waals surface area contributed by atoms with Crippen molar-refractivity contribution in [3.63, 3.8) is 0 Å². The van der Waals surface area contributed by atoms with Crippen molar-refractivity contribution >= 4 is 6.29 Å². The maximum Gasteiger partial charge on any atom is 0.153 e. The molecule has 86 valence electrons. The van der Waals surface area contributed by atoms with E-state index in [1.54, 1.807) is 0 Å². The molecule has 0 aliphatic heterocycles. The Kier molecular flexibility index (Phi) is 2.95. The number of halogens is 3. The van der Waals surface area contributed by atoms with Crippen molar-refractivity contribution in [3.05, 3.63) is 59.4 Å². The molecule has 0 aliphatic rings. The monoisotopic (exact) mass is 236 g/mol. The third kappa shape index (κ3) is 2.06. The molecule has 0 radical (unpaired) electrons. The second-order valence-corrected chi connectivity index (χ2v) is 3.45. The Hall–Kier alpha value is -2.10. The largest absolute Gasteiger partial charge is 0.298 e. The summed E-state index contributed by atoms with van der Waals surface area (Å²) in [5.74, 6) is -2.27. The van der Waals surface area contributed by atoms with Gasteiger partial charge in [0.15, 0.2) is 6.29 Å². The van der Waals surface area contributed by atoms with Crippen LogP contribution in [0.2, 0.25) is 0 Å². The lowest BCUT2D eigenvalue weighted by molar-refractivity contribution is 0.112. The van der Waals surface area contributed by atoms with Crippen LogP contribution in [0.4, 0.5) is 13.2 Å². The van der Waals surface area contributed by atoms with Crippen LogP contribution in [0.5, 0.6) is 0 Å². The molecule has 0 N–H and O–H groups in total. The van der Waals surface area contributed by atoms with Crippen LogP contribution in [0, 0.1) is 17.5 Å². The fourth-order valence-corrected chi connectivity index (χ4v) is 1.55. The maximum absolute atomic E-state index is 13.7. The van der Waals surface area contributed by atoms with Gasteiger partial charge >= 0.3 is 0 Å². The van der Waals surface area contributed by atoms with Crippen LogP contribution < -0.4 is 0 Å². The zero-order chi connectivity index (χ0) is 12.4. The van der Waals surface area contributed by atoms with E-state index in [0.717, 1.165) is 18.2 Å². The number of carbonyl (C=O) groups is 1. The van der Waals surface area contributed by atoms with Crippen molar-refractivity contribution in [1.29, 1.82) is 0 Å². The molecule has 2 aromatic carbocycles. The highest BCUT2D eigenvalue weighted by molar-refractivity contribution is 5.79. The summed E-state index contributed by atoms with van der Waals surface area (Å²) < 4.78 is 40.2. The lowest BCUT2D eigenvalue weighted by Crippen LogP contribution is -1.94. The van der Waals surface area contributed by atoms with Gasteiger partial charge < -0.3 is 0 Å². The van der Waals surface area contributed by atoms with Gasteiger partial charge in [-0.05, 0) is 24.3 Å². The van der Waals surface area contributed by atoms with E-state index in [1.807, 2.05) is 0 Å². The first kappa shape index (κ1) is 11.4. The summed E-state index contributed by atoms with van der Waals surface area (Å²) in [6.07, 6.45) is 0.329. The quantitative estimate of drug-likeness (QED) is 0.728. The molecule has 0 fully saturated rings. The van der Waals surface area contributed by atoms with Crippen LogP contribution in [0.1, 0.15) is 10.4 Å². The molecule has 0 spiro atoms. The van der Waals surface area contributed by atoms with E-state index >= 15 is 0 Å². The van der Waals surface area contributed by atoms with Gasteiger partial charge in [0.1, 0.15) is 17.5 Å². The first-order valence-electron chi connectivity index (χ1n) is 4.82. The normalized spacial score (nSPS) is 10.3. The highest BCUT2D eigenvalue weighted by atomic mass is 19.1. The number of carbonyl (C=O) groups excluding carboxylic acids is 1. The smallest absolute Gasteiger partial charge is 0.153 e. The van der Waals surface area contributed by atoms with Crippen LogP contribution in [0.25, 0.3) is 11.1 Å². The Morgan fingerprint density at radius 1 is 0.941 bits per heavy atom. The lowest BCUT2D eigenvalue weighted by Gasteiger charge is -2.06. The number of hydrogen-bond acceptors (Lipinski definition) is 1. The summed E-state index contributed by atoms with van der Waals surface area (Å²) in [7, 11) is 0. The molecule has 0 unspecified atom stereocenters. The van der Waals surface area contributed by atoms with E-state index < -0.39 is 17.5 Å². The van der Waals surface area contributed by atoms with Crippen molar-refractivity contribution in [3.8, 4) is 11.1 Å². The molecular weight excluding hydrogens is 229 g/mol. The van der Waals surface area contributed by atoms with Gasteiger partial charge in [0.25, 0.3) is 0 Å². The van der Waals surface area contributed by atoms with E-state index in [2.05, 4.69) is 0 Å². The van der Waals surface area contributed by atoms with Crippen molar-refractivity contribution in [2.75, 3.05) is 0 Å². The molecule has 17 heavy (non-hydrogen) atoms. The first-order valence-corrected chi connectivity index (χ1v) is 4.82. The van der Waals surface area contributed by atoms with Gasteiger partial charge in [0.05, 0.1) is 5.56 Å². The molecule has 4 heteroatoms. The van der Waals surface area contributed by atoms with E-state index in [0.29, 0.717) is 6.29 Å². The van der Waals surface area contributed by atoms with Crippen molar-refractivity contribution in [2.45, 2.75) is 0 Å². The van der Waals surface area contributed by atoms with Crippen LogP contribution in [0.3, 0.4) is 0 Å². The topological polar surface area (TPSA) is 17.1 Å². The van der Waals surface area contributed by atoms with Gasteiger partial charge in [-0.15, -0.1) is 0 Å². The molecule has 1 nitrogen and oxygen atoms in total. The average molecular weight is 236 g/mol. The lowest BCUT2D eigenvalue weighted by atomic mass is 10.0. The Morgan fingerprint density at radius 3 is 2.41 bits per heavy atom. The van der Waals surface area contributed by atoms with E-state index in [-0.39, 0.29) is 16.7 Å². The summed E-state index contributed by atoms with van der Waals surface area (Å²) >= 11 is 0. The van der Waals surface area contributed by atoms with Crippen molar-refractivity contribution in [1.82, 2.24) is 0 Å². The molecule has 0 bridgehead atoms. The number of aldehydes is 1. The van der Waals surface area contributed by atoms with Gasteiger partial charge in [-0.3, -0.25) is 4.79 Å². The molecule has 0 atom stereocenters. The van der Waals surface area contributed by atoms with Gasteiger partial charge in [-0.2, -0.15) is 0 Å². The Labute approximate surface area is 95.5 Å². The zero-order valence-electron chi connectivity index (χ0n) is 8.58. The van der Waals surface area contributed by atoms with Gasteiger partial charge in [0.2, 0.25) is 0 Å². The summed E-state index contributed by atoms with van der Waals surface area (Å²) in [5.41, 5.74) is -0.524. The van der Waals surface area contributed by atoms with Gasteiger partial charge in [-0.1, -0.05) is 12.1 Å². The second-order valence-electron chi connectivity index (χ2n) is 3.45. The minimum atomic E-state index is -0.855. The molecule has 0 aliphatic carbocycles. The second kappa shape index (κ2) is 4.41. The number of hydrogen-bond donors (Lipinski definition) is 0. The zero-order valence-corrected chi connectivity index (χ0v) is 8.58. The predicted octanol–water partition coefficient (Wildman–Crippen LogP) is 3.58. The van der Waals surface area contributed by atoms with Crippen molar-refractivity contribution < 1.29 is 18.0 Å². The van der Waals surface area contributed by atoms with Crippen LogP contribution in [-0.2, 0) is 0 Å². The molecule has 0 heterocycles. The van der Waals surface area contributed by atoms with Gasteiger partial charge in [-0.25, -0.2) is 13.2 Å². The van der Waals surface area contributed by atoms with Crippen LogP contribution in [0.15, 0.2) is 36.4 Å². The minimum Gasteiger partial charge on any atom is -0.298 e. The standard InChI is InChI=1S/C13H7F3O/c14-9-4-5-12(15)11(6-9)10-3-1-2-8(7-17)13(10)16/h1-7H. The summed E-state index contributed by atoms with van der Waals surface area (Å²) in [5, 5.41) is 0. The summed E-state index contributed by atoms with van der Waals surface area (Å²) in [6, 6.07) is 6.72. The van der Waals surface area contributed by atoms with E-state index in [1.165, 1.54) is 18.2 Å². The minimum absolute atomic E-state index is 0.133. The predicted molar refractivity (Wildman–Crippen MR) is 57.1 cm³/mol. The fourth-order valence-electron chi connectivity index (χ4n) is 1.55. The number of rotatable bonds is 2. The van der Waals surface area contributed by atoms with E-state index in [9.17, 15) is 18.0 Å². The Bertz CT molecular complexity index is 579. The molecular formula is C13H7F3O. The van der Waals surface area contributed by atoms with Crippen LogP contribution >= 0.6 is 0 Å². The highest BCUT2D eigenvalue weighted by Gasteiger charge is 2.13. The molecule has 0 saturated carbocycles. The molecule has 2 aromatic rings. The van der Waals surface area contributed by atoms with Crippen LogP contribution in [-0.4, -0.2) is 6.29 Å². The highest BCUT2D eigenvalue weighted by Crippen LogP contribution is 2.27. The average Bonchev–Trinajstić information content (AvgIpc) is 2.33. The third-order valence-electron chi connectivity index (χ3n) is 2.37. The molecule has 0 saturated heterocycles. The SMILES string of the molecule is O=Cc1cccc(-c2cc(F)ccc2F)c1F. The molecule has 2 rings (SSSR count). The Morgan fingerprint density at radius 2 is 1.71 bits per heavy atom. The Balaban J connectivity index is 2.68. The third-order valence-corrected chi connectivity index (χ3v) is 2.37. The van der Waals surface area contributed by atoms with E-state index in [4.69, 9.17) is 0 Å². The number of benzene rings is 2. The van der Waals surface area contributed by atoms with Gasteiger partial charge in [0, 0.05) is 11.1 Å².